The molecule has 0 spiro atoms. The van der Waals surface area contributed by atoms with Gasteiger partial charge in [0.25, 0.3) is 5.69 Å². The summed E-state index contributed by atoms with van der Waals surface area (Å²) < 4.78 is 5.91. The third-order valence-electron chi connectivity index (χ3n) is 3.84. The lowest BCUT2D eigenvalue weighted by molar-refractivity contribution is -0.384. The highest BCUT2D eigenvalue weighted by Crippen LogP contribution is 2.23. The van der Waals surface area contributed by atoms with E-state index in [-0.39, 0.29) is 24.2 Å². The number of piperidine rings is 1. The highest BCUT2D eigenvalue weighted by Gasteiger charge is 2.21. The summed E-state index contributed by atoms with van der Waals surface area (Å²) in [4.78, 5) is 17.8. The number of nitro groups is 1. The van der Waals surface area contributed by atoms with Gasteiger partial charge in [-0.15, -0.1) is 23.7 Å². The quantitative estimate of drug-likeness (QED) is 0.642. The number of nitrogens with zero attached hydrogens (tertiary/aromatic N) is 3. The summed E-state index contributed by atoms with van der Waals surface area (Å²) in [5, 5.41) is 11.2. The average Bonchev–Trinajstić information content (AvgIpc) is 2.95. The minimum Gasteiger partial charge on any atom is -0.490 e. The van der Waals surface area contributed by atoms with Crippen LogP contribution in [0.1, 0.15) is 17.7 Å². The molecule has 0 radical (unpaired) electrons. The molecule has 2 aromatic rings. The maximum Gasteiger partial charge on any atom is 0.269 e. The number of aromatic nitrogens is 1. The van der Waals surface area contributed by atoms with Crippen LogP contribution in [-0.2, 0) is 6.54 Å². The van der Waals surface area contributed by atoms with Crippen LogP contribution in [0.4, 0.5) is 10.8 Å². The number of halogens is 1. The van der Waals surface area contributed by atoms with E-state index in [4.69, 9.17) is 10.5 Å². The number of rotatable bonds is 5. The van der Waals surface area contributed by atoms with Crippen molar-refractivity contribution in [2.75, 3.05) is 18.8 Å². The summed E-state index contributed by atoms with van der Waals surface area (Å²) >= 11 is 1.53. The summed E-state index contributed by atoms with van der Waals surface area (Å²) in [6, 6.07) is 6.26. The van der Waals surface area contributed by atoms with Crippen molar-refractivity contribution in [2.24, 2.45) is 0 Å². The average molecular weight is 371 g/mol. The number of benzene rings is 1. The highest BCUT2D eigenvalue weighted by molar-refractivity contribution is 7.15. The first-order chi connectivity index (χ1) is 11.1. The van der Waals surface area contributed by atoms with E-state index in [1.54, 1.807) is 12.1 Å². The number of thiazole rings is 1. The summed E-state index contributed by atoms with van der Waals surface area (Å²) in [5.74, 6) is 0.685. The molecule has 2 heterocycles. The second-order valence-corrected chi connectivity index (χ2v) is 6.66. The molecular formula is C15H19ClN4O3S. The van der Waals surface area contributed by atoms with Gasteiger partial charge in [0.15, 0.2) is 5.13 Å². The fraction of sp³-hybridized carbons (Fsp3) is 0.400. The van der Waals surface area contributed by atoms with Gasteiger partial charge >= 0.3 is 0 Å². The molecule has 1 fully saturated rings. The van der Waals surface area contributed by atoms with Gasteiger partial charge in [0.2, 0.25) is 0 Å². The number of anilines is 1. The molecule has 3 rings (SSSR count). The molecule has 1 aromatic heterocycles. The molecule has 1 saturated heterocycles. The summed E-state index contributed by atoms with van der Waals surface area (Å²) in [6.45, 7) is 2.78. The van der Waals surface area contributed by atoms with E-state index in [0.29, 0.717) is 10.9 Å². The Morgan fingerprint density at radius 2 is 2.00 bits per heavy atom. The van der Waals surface area contributed by atoms with Crippen LogP contribution >= 0.6 is 23.7 Å². The maximum atomic E-state index is 10.6. The summed E-state index contributed by atoms with van der Waals surface area (Å²) in [6.07, 6.45) is 3.86. The van der Waals surface area contributed by atoms with E-state index >= 15 is 0 Å². The van der Waals surface area contributed by atoms with Gasteiger partial charge in [-0.1, -0.05) is 0 Å². The largest absolute Gasteiger partial charge is 0.490 e. The molecular weight excluding hydrogens is 352 g/mol. The zero-order valence-electron chi connectivity index (χ0n) is 13.0. The van der Waals surface area contributed by atoms with Gasteiger partial charge in [-0.05, 0) is 25.0 Å². The minimum atomic E-state index is -0.408. The fourth-order valence-electron chi connectivity index (χ4n) is 2.64. The van der Waals surface area contributed by atoms with Gasteiger partial charge in [0, 0.05) is 42.8 Å². The Labute approximate surface area is 150 Å². The van der Waals surface area contributed by atoms with Crippen molar-refractivity contribution in [3.63, 3.8) is 0 Å². The predicted octanol–water partition coefficient (Wildman–Crippen LogP) is 3.10. The molecule has 24 heavy (non-hydrogen) atoms. The van der Waals surface area contributed by atoms with Crippen molar-refractivity contribution in [2.45, 2.75) is 25.5 Å². The molecule has 2 N–H and O–H groups in total. The normalized spacial score (nSPS) is 15.7. The van der Waals surface area contributed by atoms with Crippen molar-refractivity contribution in [3.05, 3.63) is 45.5 Å². The lowest BCUT2D eigenvalue weighted by Crippen LogP contribution is -2.37. The number of ether oxygens (including phenoxy) is 1. The monoisotopic (exact) mass is 370 g/mol. The van der Waals surface area contributed by atoms with Crippen LogP contribution in [0.2, 0.25) is 0 Å². The Morgan fingerprint density at radius 1 is 1.33 bits per heavy atom. The second kappa shape index (κ2) is 8.27. The maximum absolute atomic E-state index is 10.6. The third kappa shape index (κ3) is 4.80. The van der Waals surface area contributed by atoms with E-state index in [1.807, 2.05) is 6.20 Å². The van der Waals surface area contributed by atoms with Crippen molar-refractivity contribution < 1.29 is 9.66 Å². The Balaban J connectivity index is 0.00000208. The first-order valence-corrected chi connectivity index (χ1v) is 8.25. The van der Waals surface area contributed by atoms with Gasteiger partial charge in [-0.3, -0.25) is 15.0 Å². The van der Waals surface area contributed by atoms with E-state index in [9.17, 15) is 10.1 Å². The Bertz CT molecular complexity index is 672. The van der Waals surface area contributed by atoms with Crippen molar-refractivity contribution in [1.29, 1.82) is 0 Å². The summed E-state index contributed by atoms with van der Waals surface area (Å²) in [7, 11) is 0. The molecule has 0 saturated carbocycles. The van der Waals surface area contributed by atoms with Gasteiger partial charge in [0.05, 0.1) is 4.92 Å². The third-order valence-corrected chi connectivity index (χ3v) is 4.65. The number of nitrogens with two attached hydrogens (primary N) is 1. The van der Waals surface area contributed by atoms with Gasteiger partial charge < -0.3 is 10.5 Å². The number of nitrogen functional groups attached to an aromatic ring is 1. The van der Waals surface area contributed by atoms with Gasteiger partial charge in [0.1, 0.15) is 11.9 Å². The van der Waals surface area contributed by atoms with E-state index in [0.717, 1.165) is 32.5 Å². The predicted molar refractivity (Wildman–Crippen MR) is 95.8 cm³/mol. The molecule has 9 heteroatoms. The van der Waals surface area contributed by atoms with Gasteiger partial charge in [-0.25, -0.2) is 4.98 Å². The first kappa shape index (κ1) is 18.4. The van der Waals surface area contributed by atoms with E-state index < -0.39 is 4.92 Å². The molecule has 0 aliphatic carbocycles. The second-order valence-electron chi connectivity index (χ2n) is 5.51. The standard InChI is InChI=1S/C15H18N4O3S.ClH/c16-15-17-9-14(23-15)10-18-7-5-13(6-8-18)22-12-3-1-11(2-4-12)19(20)21;/h1-4,9,13H,5-8,10H2,(H2,16,17);1H. The van der Waals surface area contributed by atoms with Crippen molar-refractivity contribution >= 4 is 34.6 Å². The first-order valence-electron chi connectivity index (χ1n) is 7.44. The number of nitro benzene ring substituents is 1. The number of hydrogen-bond acceptors (Lipinski definition) is 7. The molecule has 1 aliphatic heterocycles. The van der Waals surface area contributed by atoms with E-state index in [1.165, 1.54) is 28.3 Å². The molecule has 7 nitrogen and oxygen atoms in total. The van der Waals surface area contributed by atoms with Crippen LogP contribution in [0.15, 0.2) is 30.5 Å². The van der Waals surface area contributed by atoms with Crippen LogP contribution in [-0.4, -0.2) is 34.0 Å². The minimum absolute atomic E-state index is 0. The van der Waals surface area contributed by atoms with E-state index in [2.05, 4.69) is 9.88 Å². The Hall–Kier alpha value is -1.90. The Kier molecular flexibility index (Phi) is 6.36. The fourth-order valence-corrected chi connectivity index (χ4v) is 3.37. The van der Waals surface area contributed by atoms with Crippen molar-refractivity contribution in [3.8, 4) is 5.75 Å². The summed E-state index contributed by atoms with van der Waals surface area (Å²) in [5.41, 5.74) is 5.73. The lowest BCUT2D eigenvalue weighted by Gasteiger charge is -2.31. The smallest absolute Gasteiger partial charge is 0.269 e. The topological polar surface area (TPSA) is 94.5 Å². The highest BCUT2D eigenvalue weighted by atomic mass is 35.5. The molecule has 0 unspecified atom stereocenters. The molecule has 130 valence electrons. The molecule has 0 bridgehead atoms. The van der Waals surface area contributed by atoms with Crippen LogP contribution in [0.3, 0.4) is 0 Å². The molecule has 0 atom stereocenters. The van der Waals surface area contributed by atoms with Crippen molar-refractivity contribution in [1.82, 2.24) is 9.88 Å². The zero-order valence-corrected chi connectivity index (χ0v) is 14.6. The zero-order chi connectivity index (χ0) is 16.2. The number of hydrogen-bond donors (Lipinski definition) is 1. The molecule has 1 aromatic carbocycles. The van der Waals surface area contributed by atoms with Gasteiger partial charge in [-0.2, -0.15) is 0 Å². The van der Waals surface area contributed by atoms with Crippen LogP contribution in [0.25, 0.3) is 0 Å². The molecule has 1 aliphatic rings. The number of likely N-dealkylation sites (tertiary alicyclic amines) is 1. The number of non-ortho nitro benzene ring substituents is 1. The SMILES string of the molecule is Cl.Nc1ncc(CN2CCC(Oc3ccc([N+](=O)[O-])cc3)CC2)s1. The molecule has 0 amide bonds. The van der Waals surface area contributed by atoms with Crippen LogP contribution < -0.4 is 10.5 Å². The lowest BCUT2D eigenvalue weighted by atomic mass is 10.1. The Morgan fingerprint density at radius 3 is 2.54 bits per heavy atom. The van der Waals surface area contributed by atoms with Crippen LogP contribution in [0.5, 0.6) is 5.75 Å². The van der Waals surface area contributed by atoms with Crippen LogP contribution in [0, 0.1) is 10.1 Å².